The summed E-state index contributed by atoms with van der Waals surface area (Å²) >= 11 is 0. The van der Waals surface area contributed by atoms with E-state index >= 15 is 0 Å². The van der Waals surface area contributed by atoms with E-state index in [1.807, 2.05) is 12.1 Å². The Morgan fingerprint density at radius 2 is 2.22 bits per heavy atom. The lowest BCUT2D eigenvalue weighted by Crippen LogP contribution is -2.39. The van der Waals surface area contributed by atoms with Crippen LogP contribution >= 0.6 is 0 Å². The molecule has 3 rings (SSSR count). The number of aromatic nitrogens is 1. The van der Waals surface area contributed by atoms with Gasteiger partial charge >= 0.3 is 6.03 Å². The molecule has 1 atom stereocenters. The fraction of sp³-hybridized carbons (Fsp3) is 0.368. The molecule has 1 aliphatic rings. The fourth-order valence-corrected chi connectivity index (χ4v) is 2.68. The molecule has 2 heterocycles. The van der Waals surface area contributed by atoms with Gasteiger partial charge in [0.1, 0.15) is 11.5 Å². The van der Waals surface area contributed by atoms with Crippen molar-refractivity contribution in [1.82, 2.24) is 9.88 Å². The molecule has 1 fully saturated rings. The minimum atomic E-state index is -0.248. The van der Waals surface area contributed by atoms with E-state index in [0.717, 1.165) is 0 Å². The van der Waals surface area contributed by atoms with Crippen LogP contribution in [0.1, 0.15) is 0 Å². The molecule has 0 unspecified atom stereocenters. The highest BCUT2D eigenvalue weighted by molar-refractivity contribution is 5.89. The summed E-state index contributed by atoms with van der Waals surface area (Å²) in [6.07, 6.45) is 1.53. The van der Waals surface area contributed by atoms with E-state index in [4.69, 9.17) is 14.2 Å². The molecule has 0 aliphatic carbocycles. The van der Waals surface area contributed by atoms with E-state index < -0.39 is 0 Å². The van der Waals surface area contributed by atoms with Gasteiger partial charge in [-0.15, -0.1) is 0 Å². The predicted octanol–water partition coefficient (Wildman–Crippen LogP) is 2.36. The smallest absolute Gasteiger partial charge is 0.321 e. The summed E-state index contributed by atoms with van der Waals surface area (Å²) in [7, 11) is 1.59. The van der Waals surface area contributed by atoms with E-state index in [1.54, 1.807) is 36.3 Å². The number of carbonyl (C=O) groups excluding carboxylic acids is 1. The summed E-state index contributed by atoms with van der Waals surface area (Å²) in [6.45, 7) is 1.83. The number of anilines is 1. The van der Waals surface area contributed by atoms with Crippen LogP contribution in [0.2, 0.25) is 0 Å². The number of hydrogen-bond donors (Lipinski definition) is 2. The van der Waals surface area contributed by atoms with Crippen LogP contribution in [-0.4, -0.2) is 61.0 Å². The lowest BCUT2D eigenvalue weighted by molar-refractivity contribution is 0.0958. The van der Waals surface area contributed by atoms with Gasteiger partial charge < -0.3 is 29.5 Å². The molecule has 2 amide bonds. The Morgan fingerprint density at radius 3 is 2.96 bits per heavy atom. The SMILES string of the molecule is COc1cccc(Oc2ccc(NC(=O)N3CCOC[C@@H](CO)C3)cn2)c1. The van der Waals surface area contributed by atoms with Crippen LogP contribution in [0.15, 0.2) is 42.6 Å². The summed E-state index contributed by atoms with van der Waals surface area (Å²) in [5.41, 5.74) is 0.559. The molecule has 0 bridgehead atoms. The number of pyridine rings is 1. The fourth-order valence-electron chi connectivity index (χ4n) is 2.68. The van der Waals surface area contributed by atoms with Crippen LogP contribution < -0.4 is 14.8 Å². The molecule has 1 aromatic heterocycles. The molecule has 8 nitrogen and oxygen atoms in total. The molecule has 2 aromatic rings. The average molecular weight is 373 g/mol. The second kappa shape index (κ2) is 9.20. The van der Waals surface area contributed by atoms with Crippen LogP contribution in [0, 0.1) is 5.92 Å². The van der Waals surface area contributed by atoms with Gasteiger partial charge in [-0.2, -0.15) is 0 Å². The minimum absolute atomic E-state index is 0.0123. The van der Waals surface area contributed by atoms with Gasteiger partial charge in [-0.3, -0.25) is 0 Å². The van der Waals surface area contributed by atoms with Gasteiger partial charge in [0.2, 0.25) is 5.88 Å². The molecule has 1 aliphatic heterocycles. The van der Waals surface area contributed by atoms with Crippen molar-refractivity contribution in [3.8, 4) is 17.4 Å². The normalized spacial score (nSPS) is 17.1. The third kappa shape index (κ3) is 5.32. The zero-order chi connectivity index (χ0) is 19.1. The number of urea groups is 1. The Morgan fingerprint density at radius 1 is 1.37 bits per heavy atom. The zero-order valence-electron chi connectivity index (χ0n) is 15.1. The second-order valence-electron chi connectivity index (χ2n) is 6.17. The number of ether oxygens (including phenoxy) is 3. The Hall–Kier alpha value is -2.84. The van der Waals surface area contributed by atoms with Gasteiger partial charge in [0.25, 0.3) is 0 Å². The lowest BCUT2D eigenvalue weighted by Gasteiger charge is -2.22. The maximum atomic E-state index is 12.4. The zero-order valence-corrected chi connectivity index (χ0v) is 15.1. The average Bonchev–Trinajstić information content (AvgIpc) is 2.95. The number of aliphatic hydroxyl groups excluding tert-OH is 1. The molecule has 2 N–H and O–H groups in total. The van der Waals surface area contributed by atoms with Gasteiger partial charge in [-0.05, 0) is 18.2 Å². The van der Waals surface area contributed by atoms with Crippen molar-refractivity contribution in [2.45, 2.75) is 0 Å². The number of hydrogen-bond acceptors (Lipinski definition) is 6. The monoisotopic (exact) mass is 373 g/mol. The second-order valence-corrected chi connectivity index (χ2v) is 6.17. The quantitative estimate of drug-likeness (QED) is 0.836. The summed E-state index contributed by atoms with van der Waals surface area (Å²) < 4.78 is 16.2. The van der Waals surface area contributed by atoms with Crippen molar-refractivity contribution in [2.75, 3.05) is 45.3 Å². The molecule has 144 valence electrons. The minimum Gasteiger partial charge on any atom is -0.497 e. The highest BCUT2D eigenvalue weighted by atomic mass is 16.5. The van der Waals surface area contributed by atoms with Gasteiger partial charge in [-0.25, -0.2) is 9.78 Å². The lowest BCUT2D eigenvalue weighted by atomic mass is 10.2. The molecule has 1 aromatic carbocycles. The van der Waals surface area contributed by atoms with Crippen molar-refractivity contribution in [3.05, 3.63) is 42.6 Å². The standard InChI is InChI=1S/C19H23N3O5/c1-25-16-3-2-4-17(9-16)27-18-6-5-15(10-20-18)21-19(24)22-7-8-26-13-14(11-22)12-23/h2-6,9-10,14,23H,7-8,11-13H2,1H3,(H,21,24)/t14-/m1/s1. The Kier molecular flexibility index (Phi) is 6.45. The molecule has 0 spiro atoms. The van der Waals surface area contributed by atoms with Crippen LogP contribution in [0.4, 0.5) is 10.5 Å². The first kappa shape index (κ1) is 18.9. The third-order valence-corrected chi connectivity index (χ3v) is 4.13. The molecule has 27 heavy (non-hydrogen) atoms. The first-order valence-electron chi connectivity index (χ1n) is 8.70. The van der Waals surface area contributed by atoms with E-state index in [9.17, 15) is 9.90 Å². The Balaban J connectivity index is 1.59. The highest BCUT2D eigenvalue weighted by Crippen LogP contribution is 2.24. The molecule has 0 saturated carbocycles. The molecule has 1 saturated heterocycles. The number of benzene rings is 1. The first-order chi connectivity index (χ1) is 13.2. The number of aliphatic hydroxyl groups is 1. The van der Waals surface area contributed by atoms with Crippen LogP contribution in [-0.2, 0) is 4.74 Å². The molecule has 8 heteroatoms. The molecular formula is C19H23N3O5. The predicted molar refractivity (Wildman–Crippen MR) is 99.3 cm³/mol. The van der Waals surface area contributed by atoms with E-state index in [0.29, 0.717) is 49.4 Å². The van der Waals surface area contributed by atoms with Crippen molar-refractivity contribution in [1.29, 1.82) is 0 Å². The van der Waals surface area contributed by atoms with Crippen molar-refractivity contribution in [3.63, 3.8) is 0 Å². The Labute approximate surface area is 157 Å². The number of amides is 2. The van der Waals surface area contributed by atoms with Crippen molar-refractivity contribution < 1.29 is 24.1 Å². The van der Waals surface area contributed by atoms with E-state index in [-0.39, 0.29) is 18.6 Å². The summed E-state index contributed by atoms with van der Waals surface area (Å²) in [6, 6.07) is 10.4. The van der Waals surface area contributed by atoms with E-state index in [2.05, 4.69) is 10.3 Å². The number of nitrogens with zero attached hydrogens (tertiary/aromatic N) is 2. The topological polar surface area (TPSA) is 93.2 Å². The van der Waals surface area contributed by atoms with Gasteiger partial charge in [0, 0.05) is 37.7 Å². The van der Waals surface area contributed by atoms with Gasteiger partial charge in [0.15, 0.2) is 0 Å². The number of methoxy groups -OCH3 is 1. The summed E-state index contributed by atoms with van der Waals surface area (Å²) in [5, 5.41) is 12.1. The molecule has 0 radical (unpaired) electrons. The van der Waals surface area contributed by atoms with E-state index in [1.165, 1.54) is 6.20 Å². The van der Waals surface area contributed by atoms with Gasteiger partial charge in [-0.1, -0.05) is 6.07 Å². The highest BCUT2D eigenvalue weighted by Gasteiger charge is 2.22. The van der Waals surface area contributed by atoms with Gasteiger partial charge in [0.05, 0.1) is 32.2 Å². The molecular weight excluding hydrogens is 350 g/mol. The van der Waals surface area contributed by atoms with Crippen LogP contribution in [0.25, 0.3) is 0 Å². The van der Waals surface area contributed by atoms with Crippen molar-refractivity contribution >= 4 is 11.7 Å². The van der Waals surface area contributed by atoms with Crippen molar-refractivity contribution in [2.24, 2.45) is 5.92 Å². The maximum Gasteiger partial charge on any atom is 0.321 e. The number of carbonyl (C=O) groups is 1. The number of rotatable bonds is 5. The van der Waals surface area contributed by atoms with Crippen LogP contribution in [0.5, 0.6) is 17.4 Å². The summed E-state index contributed by atoms with van der Waals surface area (Å²) in [4.78, 5) is 18.3. The summed E-state index contributed by atoms with van der Waals surface area (Å²) in [5.74, 6) is 1.64. The number of nitrogens with one attached hydrogen (secondary N) is 1. The third-order valence-electron chi connectivity index (χ3n) is 4.13. The maximum absolute atomic E-state index is 12.4. The Bertz CT molecular complexity index is 753. The first-order valence-corrected chi connectivity index (χ1v) is 8.70. The van der Waals surface area contributed by atoms with Crippen LogP contribution in [0.3, 0.4) is 0 Å². The largest absolute Gasteiger partial charge is 0.497 e.